The highest BCUT2D eigenvalue weighted by atomic mass is 35.5. The molecule has 38 heavy (non-hydrogen) atoms. The number of rotatable bonds is 3. The maximum atomic E-state index is 13.4. The van der Waals surface area contributed by atoms with Crippen molar-refractivity contribution in [3.63, 3.8) is 0 Å². The zero-order valence-electron chi connectivity index (χ0n) is 18.2. The van der Waals surface area contributed by atoms with Crippen molar-refractivity contribution in [1.82, 2.24) is 30.1 Å². The van der Waals surface area contributed by atoms with Gasteiger partial charge in [-0.3, -0.25) is 0 Å². The summed E-state index contributed by atoms with van der Waals surface area (Å²) >= 11 is 6.84. The Morgan fingerprint density at radius 2 is 1.50 bits per heavy atom. The Hall–Kier alpha value is -3.37. The number of thiol groups is 2. The summed E-state index contributed by atoms with van der Waals surface area (Å²) in [5.41, 5.74) is -2.52. The van der Waals surface area contributed by atoms with Crippen molar-refractivity contribution in [2.75, 3.05) is 0 Å². The molecule has 17 heteroatoms. The first kappa shape index (κ1) is 26.2. The van der Waals surface area contributed by atoms with Crippen LogP contribution < -0.4 is 0 Å². The van der Waals surface area contributed by atoms with Gasteiger partial charge >= 0.3 is 12.4 Å². The molecule has 0 fully saturated rings. The normalized spacial score (nSPS) is 14.0. The predicted octanol–water partition coefficient (Wildman–Crippen LogP) is 7.21. The molecule has 5 aromatic rings. The molecule has 3 aromatic heterocycles. The van der Waals surface area contributed by atoms with Crippen molar-refractivity contribution in [1.29, 1.82) is 0 Å². The maximum absolute atomic E-state index is 13.4. The van der Waals surface area contributed by atoms with E-state index in [1.54, 1.807) is 0 Å². The Balaban J connectivity index is 1.52. The largest absolute Gasteiger partial charge is 0.433 e. The van der Waals surface area contributed by atoms with Gasteiger partial charge in [0.1, 0.15) is 11.0 Å². The number of oxazole rings is 1. The van der Waals surface area contributed by atoms with E-state index in [0.29, 0.717) is 60.6 Å². The molecule has 0 atom stereocenters. The lowest BCUT2D eigenvalue weighted by Crippen LogP contribution is -2.11. The highest BCUT2D eigenvalue weighted by Gasteiger charge is 2.37. The number of nitrogens with one attached hydrogen (secondary N) is 3. The number of H-pyrrole nitrogens is 3. The molecule has 0 saturated carbocycles. The second kappa shape index (κ2) is 9.74. The lowest BCUT2D eigenvalue weighted by molar-refractivity contribution is -0.143. The monoisotopic (exact) mass is 596 g/mol. The Morgan fingerprint density at radius 3 is 2.18 bits per heavy atom. The van der Waals surface area contributed by atoms with Gasteiger partial charge in [0.05, 0.1) is 21.3 Å². The van der Waals surface area contributed by atoms with Gasteiger partial charge in [0.25, 0.3) is 0 Å². The van der Waals surface area contributed by atoms with Gasteiger partial charge in [0.2, 0.25) is 4.84 Å². The minimum atomic E-state index is -5.00. The van der Waals surface area contributed by atoms with Crippen LogP contribution in [-0.2, 0) is 12.4 Å². The fraction of sp³-hybridized carbons (Fsp3) is 0.0952. The maximum Gasteiger partial charge on any atom is 0.416 e. The number of alkyl halides is 6. The standard InChI is InChI=1S/C21H12ClF7N6OS2/c22-14-7-15(32-17(31-14)38-19-30-12-6-11(23)1-2-13(12)36-19)37-18-33-16(34-35-18)8-3-9(20(24,25)26)5-10(4-8)21(27,28)29/h1-7,30,37-38H,(H,31,32)(H,33,34,35). The van der Waals surface area contributed by atoms with E-state index in [4.69, 9.17) is 16.0 Å². The predicted molar refractivity (Wildman–Crippen MR) is 127 cm³/mol. The summed E-state index contributed by atoms with van der Waals surface area (Å²) in [6.07, 6.45) is -10.00. The number of hydrogen-bond acceptors (Lipinski definition) is 4. The molecule has 0 amide bonds. The average Bonchev–Trinajstić information content (AvgIpc) is 3.43. The van der Waals surface area contributed by atoms with Crippen molar-refractivity contribution < 1.29 is 35.2 Å². The highest BCUT2D eigenvalue weighted by molar-refractivity contribution is 7.91. The van der Waals surface area contributed by atoms with Crippen molar-refractivity contribution in [2.24, 2.45) is 0 Å². The summed E-state index contributed by atoms with van der Waals surface area (Å²) in [5, 5.41) is 8.05. The van der Waals surface area contributed by atoms with Crippen molar-refractivity contribution in [3.05, 3.63) is 74.0 Å². The Labute approximate surface area is 218 Å². The second-order valence-corrected chi connectivity index (χ2v) is 10.2. The van der Waals surface area contributed by atoms with Gasteiger partial charge in [0.15, 0.2) is 21.7 Å². The Bertz CT molecular complexity index is 1770. The first-order valence-electron chi connectivity index (χ1n) is 10.2. The first-order chi connectivity index (χ1) is 17.8. The summed E-state index contributed by atoms with van der Waals surface area (Å²) in [6.45, 7) is 0. The van der Waals surface area contributed by atoms with E-state index < -0.39 is 34.9 Å². The number of aromatic nitrogens is 6. The van der Waals surface area contributed by atoms with E-state index in [9.17, 15) is 30.7 Å². The molecule has 0 bridgehead atoms. The van der Waals surface area contributed by atoms with Crippen molar-refractivity contribution in [2.45, 2.75) is 22.7 Å². The van der Waals surface area contributed by atoms with Crippen molar-refractivity contribution >= 4 is 45.4 Å². The molecule has 0 spiro atoms. The van der Waals surface area contributed by atoms with E-state index in [1.165, 1.54) is 24.3 Å². The van der Waals surface area contributed by atoms with Gasteiger partial charge in [-0.1, -0.05) is 23.0 Å². The minimum absolute atomic E-state index is 0.0314. The molecular formula is C21H12ClF7N6OS2. The summed E-state index contributed by atoms with van der Waals surface area (Å²) in [7, 11) is 0. The summed E-state index contributed by atoms with van der Waals surface area (Å²) < 4.78 is 98.6. The Kier molecular flexibility index (Phi) is 6.73. The van der Waals surface area contributed by atoms with E-state index in [1.807, 2.05) is 0 Å². The van der Waals surface area contributed by atoms with Gasteiger partial charge in [0, 0.05) is 17.7 Å². The van der Waals surface area contributed by atoms with Gasteiger partial charge in [-0.15, -0.1) is 21.5 Å². The van der Waals surface area contributed by atoms with Crippen LogP contribution in [0.3, 0.4) is 0 Å². The van der Waals surface area contributed by atoms with Crippen LogP contribution in [0.1, 0.15) is 11.1 Å². The second-order valence-electron chi connectivity index (χ2n) is 7.60. The summed E-state index contributed by atoms with van der Waals surface area (Å²) in [5.74, 6) is -0.732. The molecule has 3 heterocycles. The van der Waals surface area contributed by atoms with Crippen molar-refractivity contribution in [3.8, 4) is 11.4 Å². The number of nitrogens with zero attached hydrogens (tertiary/aromatic N) is 3. The van der Waals surface area contributed by atoms with Gasteiger partial charge in [-0.05, 0) is 30.3 Å². The molecule has 0 aliphatic carbocycles. The summed E-state index contributed by atoms with van der Waals surface area (Å²) in [6, 6.07) is 6.56. The number of fused-ring (bicyclic) bond motifs is 1. The van der Waals surface area contributed by atoms with Gasteiger partial charge < -0.3 is 19.4 Å². The lowest BCUT2D eigenvalue weighted by atomic mass is 10.0. The van der Waals surface area contributed by atoms with Gasteiger partial charge in [-0.25, -0.2) is 9.37 Å². The van der Waals surface area contributed by atoms with Crippen LogP contribution in [0.2, 0.25) is 5.15 Å². The lowest BCUT2D eigenvalue weighted by Gasteiger charge is -2.13. The molecule has 0 saturated heterocycles. The topological polar surface area (TPSA) is 99.2 Å². The molecule has 5 rings (SSSR count). The number of hydrogen-bond donors (Lipinski definition) is 5. The average molecular weight is 597 g/mol. The number of benzene rings is 2. The molecule has 3 N–H and O–H groups in total. The minimum Gasteiger partial charge on any atom is -0.433 e. The molecule has 2 aromatic carbocycles. The smallest absolute Gasteiger partial charge is 0.416 e. The molecule has 0 radical (unpaired) electrons. The zero-order chi connectivity index (χ0) is 27.2. The molecule has 7 nitrogen and oxygen atoms in total. The Morgan fingerprint density at radius 1 is 0.789 bits per heavy atom. The third kappa shape index (κ3) is 5.86. The zero-order valence-corrected chi connectivity index (χ0v) is 20.8. The molecule has 200 valence electrons. The molecule has 0 unspecified atom stereocenters. The van der Waals surface area contributed by atoms with Crippen LogP contribution in [0.5, 0.6) is 0 Å². The van der Waals surface area contributed by atoms with Gasteiger partial charge in [-0.2, -0.15) is 26.3 Å². The third-order valence-electron chi connectivity index (χ3n) is 4.87. The van der Waals surface area contributed by atoms with E-state index in [0.717, 1.165) is 0 Å². The van der Waals surface area contributed by atoms with E-state index in [2.05, 4.69) is 30.1 Å². The molecule has 0 aliphatic heterocycles. The number of aromatic amines is 3. The van der Waals surface area contributed by atoms with Crippen LogP contribution in [0.4, 0.5) is 30.7 Å². The van der Waals surface area contributed by atoms with E-state index >= 15 is 0 Å². The number of halogens is 8. The molecular weight excluding hydrogens is 585 g/mol. The van der Waals surface area contributed by atoms with Crippen LogP contribution in [0, 0.1) is 15.3 Å². The van der Waals surface area contributed by atoms with Crippen LogP contribution in [0.25, 0.3) is 22.5 Å². The highest BCUT2D eigenvalue weighted by Crippen LogP contribution is 2.38. The first-order valence-corrected chi connectivity index (χ1v) is 12.4. The quantitative estimate of drug-likeness (QED) is 0.0500. The third-order valence-corrected chi connectivity index (χ3v) is 6.79. The summed E-state index contributed by atoms with van der Waals surface area (Å²) in [4.78, 5) is 13.0. The van der Waals surface area contributed by atoms with Crippen LogP contribution >= 0.6 is 34.3 Å². The fourth-order valence-corrected chi connectivity index (χ4v) is 5.35. The van der Waals surface area contributed by atoms with Crippen LogP contribution in [-0.4, -0.2) is 30.1 Å². The van der Waals surface area contributed by atoms with Crippen LogP contribution in [0.15, 0.2) is 57.2 Å². The molecule has 0 aliphatic rings. The van der Waals surface area contributed by atoms with E-state index in [-0.39, 0.29) is 22.2 Å². The SMILES string of the molecule is Fc1ccc2oc(=[SH]c3nc(Cl)cc(=[SH]c4nnc(-c5cc(C(F)(F)F)cc(C(F)(F)F)c5)[nH]4)[nH]3)[nH]c2c1. The fourth-order valence-electron chi connectivity index (χ4n) is 3.26.